The molecule has 0 spiro atoms. The molecule has 1 atom stereocenters. The van der Waals surface area contributed by atoms with Gasteiger partial charge >= 0.3 is 0 Å². The quantitative estimate of drug-likeness (QED) is 0.340. The van der Waals surface area contributed by atoms with Gasteiger partial charge < -0.3 is 19.3 Å². The van der Waals surface area contributed by atoms with Gasteiger partial charge in [-0.25, -0.2) is 0 Å². The molecule has 0 saturated carbocycles. The van der Waals surface area contributed by atoms with E-state index >= 15 is 0 Å². The van der Waals surface area contributed by atoms with Crippen molar-refractivity contribution in [2.75, 3.05) is 26.2 Å². The zero-order valence-corrected chi connectivity index (χ0v) is 18.5. The largest absolute Gasteiger partial charge is 0.507 e. The van der Waals surface area contributed by atoms with E-state index in [0.717, 1.165) is 4.88 Å². The number of hydrogen-bond acceptors (Lipinski definition) is 7. The number of ketones is 1. The number of carbonyl (C=O) groups is 2. The number of Topliss-reactive ketones (excluding diaryl/α,β-unsaturated/α-hetero) is 1. The van der Waals surface area contributed by atoms with Crippen LogP contribution in [0.5, 0.6) is 17.2 Å². The highest BCUT2D eigenvalue weighted by Crippen LogP contribution is 2.45. The van der Waals surface area contributed by atoms with Crippen molar-refractivity contribution in [2.45, 2.75) is 6.04 Å². The second kappa shape index (κ2) is 8.76. The van der Waals surface area contributed by atoms with Crippen molar-refractivity contribution in [3.63, 3.8) is 0 Å². The molecule has 2 heterocycles. The fourth-order valence-corrected chi connectivity index (χ4v) is 4.52. The molecular weight excluding hydrogens is 430 g/mol. The van der Waals surface area contributed by atoms with Gasteiger partial charge in [-0.05, 0) is 47.8 Å². The smallest absolute Gasteiger partial charge is 0.300 e. The SMILES string of the molecule is COc1ccc(N2C(=O)C(=O)/C(=C(\O)c3ccc(OC)cc3OC)C2c2cccs2)cc1. The van der Waals surface area contributed by atoms with Crippen molar-refractivity contribution < 1.29 is 28.9 Å². The molecule has 8 heteroatoms. The molecule has 1 aromatic heterocycles. The topological polar surface area (TPSA) is 85.3 Å². The molecule has 1 aliphatic rings. The Hall–Kier alpha value is -3.78. The molecule has 7 nitrogen and oxygen atoms in total. The molecule has 0 radical (unpaired) electrons. The molecule has 3 aromatic rings. The summed E-state index contributed by atoms with van der Waals surface area (Å²) in [5.74, 6) is -0.315. The number of hydrogen-bond donors (Lipinski definition) is 1. The van der Waals surface area contributed by atoms with E-state index < -0.39 is 17.7 Å². The summed E-state index contributed by atoms with van der Waals surface area (Å²) in [5.41, 5.74) is 0.811. The van der Waals surface area contributed by atoms with E-state index in [9.17, 15) is 14.7 Å². The number of amides is 1. The van der Waals surface area contributed by atoms with Gasteiger partial charge in [0, 0.05) is 16.6 Å². The fraction of sp³-hybridized carbons (Fsp3) is 0.167. The number of ether oxygens (including phenoxy) is 3. The number of methoxy groups -OCH3 is 3. The van der Waals surface area contributed by atoms with Crippen molar-refractivity contribution in [3.8, 4) is 17.2 Å². The summed E-state index contributed by atoms with van der Waals surface area (Å²) >= 11 is 1.40. The summed E-state index contributed by atoms with van der Waals surface area (Å²) in [6.07, 6.45) is 0. The van der Waals surface area contributed by atoms with Crippen LogP contribution in [0.4, 0.5) is 5.69 Å². The predicted molar refractivity (Wildman–Crippen MR) is 122 cm³/mol. The Morgan fingerprint density at radius 3 is 2.22 bits per heavy atom. The van der Waals surface area contributed by atoms with Crippen molar-refractivity contribution in [1.82, 2.24) is 0 Å². The molecule has 164 valence electrons. The molecule has 1 aliphatic heterocycles. The summed E-state index contributed by atoms with van der Waals surface area (Å²) in [6.45, 7) is 0. The molecule has 0 aliphatic carbocycles. The van der Waals surface area contributed by atoms with Crippen LogP contribution in [0.3, 0.4) is 0 Å². The number of anilines is 1. The molecule has 4 rings (SSSR count). The van der Waals surface area contributed by atoms with E-state index in [1.54, 1.807) is 49.6 Å². The second-order valence-electron chi connectivity index (χ2n) is 6.95. The van der Waals surface area contributed by atoms with Gasteiger partial charge in [0.1, 0.15) is 29.0 Å². The number of benzene rings is 2. The molecule has 1 saturated heterocycles. The minimum absolute atomic E-state index is 0.00302. The van der Waals surface area contributed by atoms with Crippen LogP contribution < -0.4 is 19.1 Å². The molecule has 1 N–H and O–H groups in total. The van der Waals surface area contributed by atoms with Crippen LogP contribution >= 0.6 is 11.3 Å². The van der Waals surface area contributed by atoms with Gasteiger partial charge in [-0.15, -0.1) is 11.3 Å². The first-order valence-electron chi connectivity index (χ1n) is 9.71. The Morgan fingerprint density at radius 1 is 0.938 bits per heavy atom. The van der Waals surface area contributed by atoms with Gasteiger partial charge in [0.25, 0.3) is 11.7 Å². The maximum Gasteiger partial charge on any atom is 0.300 e. The van der Waals surface area contributed by atoms with Gasteiger partial charge in [-0.1, -0.05) is 6.07 Å². The maximum atomic E-state index is 13.2. The summed E-state index contributed by atoms with van der Waals surface area (Å²) in [5, 5.41) is 13.1. The average molecular weight is 452 g/mol. The molecule has 0 bridgehead atoms. The highest BCUT2D eigenvalue weighted by Gasteiger charge is 2.47. The van der Waals surface area contributed by atoms with E-state index in [1.165, 1.54) is 30.5 Å². The van der Waals surface area contributed by atoms with E-state index in [-0.39, 0.29) is 11.3 Å². The van der Waals surface area contributed by atoms with Crippen molar-refractivity contribution >= 4 is 34.5 Å². The van der Waals surface area contributed by atoms with Gasteiger partial charge in [0.05, 0.1) is 32.5 Å². The lowest BCUT2D eigenvalue weighted by Crippen LogP contribution is -2.29. The number of carbonyl (C=O) groups excluding carboxylic acids is 2. The molecular formula is C24H21NO6S. The lowest BCUT2D eigenvalue weighted by Gasteiger charge is -2.24. The number of aliphatic hydroxyl groups is 1. The third-order valence-corrected chi connectivity index (χ3v) is 6.20. The normalized spacial score (nSPS) is 17.5. The van der Waals surface area contributed by atoms with Gasteiger partial charge in [0.2, 0.25) is 0 Å². The number of nitrogens with zero attached hydrogens (tertiary/aromatic N) is 1. The molecule has 1 fully saturated rings. The highest BCUT2D eigenvalue weighted by molar-refractivity contribution is 7.10. The third-order valence-electron chi connectivity index (χ3n) is 5.27. The van der Waals surface area contributed by atoms with E-state index in [2.05, 4.69) is 0 Å². The summed E-state index contributed by atoms with van der Waals surface area (Å²) < 4.78 is 15.8. The molecule has 1 amide bonds. The Labute approximate surface area is 189 Å². The molecule has 1 unspecified atom stereocenters. The third kappa shape index (κ3) is 3.58. The first kappa shape index (κ1) is 21.5. The standard InChI is InChI=1S/C24H21NO6S/c1-29-15-8-6-14(7-9-15)25-21(19-5-4-12-32-19)20(23(27)24(25)28)22(26)17-11-10-16(30-2)13-18(17)31-3/h4-13,21,26H,1-3H3/b22-20-. The van der Waals surface area contributed by atoms with Gasteiger partial charge in [0.15, 0.2) is 0 Å². The average Bonchev–Trinajstić information content (AvgIpc) is 3.45. The first-order chi connectivity index (χ1) is 15.5. The van der Waals surface area contributed by atoms with Crippen molar-refractivity contribution in [2.24, 2.45) is 0 Å². The second-order valence-corrected chi connectivity index (χ2v) is 7.93. The minimum atomic E-state index is -0.782. The summed E-state index contributed by atoms with van der Waals surface area (Å²) in [6, 6.07) is 14.6. The Kier molecular flexibility index (Phi) is 5.87. The molecule has 32 heavy (non-hydrogen) atoms. The zero-order chi connectivity index (χ0) is 22.8. The monoisotopic (exact) mass is 451 g/mol. The van der Waals surface area contributed by atoms with Crippen LogP contribution in [-0.4, -0.2) is 38.1 Å². The summed E-state index contributed by atoms with van der Waals surface area (Å²) in [4.78, 5) is 28.4. The van der Waals surface area contributed by atoms with Crippen molar-refractivity contribution in [1.29, 1.82) is 0 Å². The number of thiophene rings is 1. The van der Waals surface area contributed by atoms with Gasteiger partial charge in [-0.2, -0.15) is 0 Å². The van der Waals surface area contributed by atoms with Gasteiger partial charge in [-0.3, -0.25) is 14.5 Å². The van der Waals surface area contributed by atoms with Crippen LogP contribution in [0.1, 0.15) is 16.5 Å². The fourth-order valence-electron chi connectivity index (χ4n) is 3.70. The van der Waals surface area contributed by atoms with Crippen LogP contribution in [0.2, 0.25) is 0 Å². The zero-order valence-electron chi connectivity index (χ0n) is 17.7. The highest BCUT2D eigenvalue weighted by atomic mass is 32.1. The minimum Gasteiger partial charge on any atom is -0.507 e. The van der Waals surface area contributed by atoms with Crippen LogP contribution in [0.15, 0.2) is 65.6 Å². The Morgan fingerprint density at radius 2 is 1.62 bits per heavy atom. The lowest BCUT2D eigenvalue weighted by atomic mass is 9.99. The first-order valence-corrected chi connectivity index (χ1v) is 10.6. The number of rotatable bonds is 6. The predicted octanol–water partition coefficient (Wildman–Crippen LogP) is 4.40. The Balaban J connectivity index is 1.91. The van der Waals surface area contributed by atoms with Crippen LogP contribution in [0, 0.1) is 0 Å². The maximum absolute atomic E-state index is 13.2. The Bertz CT molecular complexity index is 1180. The molecule has 2 aromatic carbocycles. The lowest BCUT2D eigenvalue weighted by molar-refractivity contribution is -0.132. The van der Waals surface area contributed by atoms with E-state index in [0.29, 0.717) is 28.5 Å². The van der Waals surface area contributed by atoms with E-state index in [1.807, 2.05) is 17.5 Å². The van der Waals surface area contributed by atoms with Crippen LogP contribution in [-0.2, 0) is 9.59 Å². The summed E-state index contributed by atoms with van der Waals surface area (Å²) in [7, 11) is 4.53. The number of aliphatic hydroxyl groups excluding tert-OH is 1. The van der Waals surface area contributed by atoms with Crippen LogP contribution in [0.25, 0.3) is 5.76 Å². The van der Waals surface area contributed by atoms with E-state index in [4.69, 9.17) is 14.2 Å². The van der Waals surface area contributed by atoms with Crippen molar-refractivity contribution in [3.05, 3.63) is 76.0 Å².